The maximum absolute atomic E-state index is 11.8. The molecule has 1 aromatic carbocycles. The fraction of sp³-hybridized carbons (Fsp3) is 0.417. The van der Waals surface area contributed by atoms with Crippen molar-refractivity contribution in [3.8, 4) is 0 Å². The van der Waals surface area contributed by atoms with E-state index in [9.17, 15) is 18.0 Å². The van der Waals surface area contributed by atoms with Crippen molar-refractivity contribution in [2.75, 3.05) is 13.2 Å². The van der Waals surface area contributed by atoms with Crippen molar-refractivity contribution in [2.24, 2.45) is 0 Å². The summed E-state index contributed by atoms with van der Waals surface area (Å²) in [7, 11) is 0. The number of hydrogen-bond donors (Lipinski definition) is 0. The average Bonchev–Trinajstić information content (AvgIpc) is 2.23. The molecule has 1 aromatic rings. The Kier molecular flexibility index (Phi) is 4.69. The largest absolute Gasteiger partial charge is 0.391 e. The van der Waals surface area contributed by atoms with Crippen molar-refractivity contribution >= 4 is 5.78 Å². The first-order chi connectivity index (χ1) is 7.90. The predicted octanol–water partition coefficient (Wildman–Crippen LogP) is 3.15. The molecular weight excluding hydrogens is 233 g/mol. The van der Waals surface area contributed by atoms with Crippen LogP contribution < -0.4 is 0 Å². The number of Topliss-reactive ketones (excluding diaryl/α,β-unsaturated/α-hetero) is 1. The predicted molar refractivity (Wildman–Crippen MR) is 57.0 cm³/mol. The Morgan fingerprint density at radius 3 is 2.53 bits per heavy atom. The second-order valence-electron chi connectivity index (χ2n) is 3.66. The third-order valence-corrected chi connectivity index (χ3v) is 2.21. The molecule has 2 nitrogen and oxygen atoms in total. The van der Waals surface area contributed by atoms with E-state index in [0.717, 1.165) is 5.56 Å². The Morgan fingerprint density at radius 2 is 1.94 bits per heavy atom. The highest BCUT2D eigenvalue weighted by Gasteiger charge is 2.26. The first-order valence-electron chi connectivity index (χ1n) is 5.13. The van der Waals surface area contributed by atoms with Crippen molar-refractivity contribution in [1.29, 1.82) is 0 Å². The summed E-state index contributed by atoms with van der Waals surface area (Å²) < 4.78 is 40.1. The zero-order valence-corrected chi connectivity index (χ0v) is 9.38. The topological polar surface area (TPSA) is 26.3 Å². The summed E-state index contributed by atoms with van der Waals surface area (Å²) in [5, 5.41) is 0. The lowest BCUT2D eigenvalue weighted by Crippen LogP contribution is -2.15. The van der Waals surface area contributed by atoms with Crippen molar-refractivity contribution < 1.29 is 22.7 Å². The first-order valence-corrected chi connectivity index (χ1v) is 5.13. The molecule has 0 saturated heterocycles. The first kappa shape index (κ1) is 13.7. The minimum Gasteiger partial charge on any atom is -0.373 e. The molecular formula is C12H13F3O2. The molecule has 0 aliphatic heterocycles. The zero-order valence-electron chi connectivity index (χ0n) is 9.38. The number of aryl methyl sites for hydroxylation is 1. The van der Waals surface area contributed by atoms with Crippen LogP contribution in [0.15, 0.2) is 24.3 Å². The van der Waals surface area contributed by atoms with Crippen LogP contribution in [-0.2, 0) is 4.74 Å². The van der Waals surface area contributed by atoms with Crippen LogP contribution in [0.2, 0.25) is 0 Å². The van der Waals surface area contributed by atoms with Crippen LogP contribution in [0.5, 0.6) is 0 Å². The molecule has 0 unspecified atom stereocenters. The van der Waals surface area contributed by atoms with Crippen LogP contribution in [0.25, 0.3) is 0 Å². The van der Waals surface area contributed by atoms with Gasteiger partial charge in [-0.15, -0.1) is 0 Å². The molecule has 0 bridgehead atoms. The SMILES string of the molecule is Cc1ccccc1C(=O)COCCC(F)(F)F. The highest BCUT2D eigenvalue weighted by Crippen LogP contribution is 2.19. The van der Waals surface area contributed by atoms with Gasteiger partial charge in [0, 0.05) is 5.56 Å². The highest BCUT2D eigenvalue weighted by atomic mass is 19.4. The van der Waals surface area contributed by atoms with Crippen LogP contribution in [-0.4, -0.2) is 25.2 Å². The Hall–Kier alpha value is -1.36. The molecule has 17 heavy (non-hydrogen) atoms. The Labute approximate surface area is 97.4 Å². The maximum Gasteiger partial charge on any atom is 0.391 e. The monoisotopic (exact) mass is 246 g/mol. The zero-order chi connectivity index (χ0) is 12.9. The van der Waals surface area contributed by atoms with Crippen LogP contribution in [0, 0.1) is 6.92 Å². The van der Waals surface area contributed by atoms with Gasteiger partial charge in [0.1, 0.15) is 6.61 Å². The molecule has 94 valence electrons. The molecule has 5 heteroatoms. The fourth-order valence-corrected chi connectivity index (χ4v) is 1.32. The Bertz CT molecular complexity index is 386. The third-order valence-electron chi connectivity index (χ3n) is 2.21. The summed E-state index contributed by atoms with van der Waals surface area (Å²) in [6.45, 7) is 0.963. The standard InChI is InChI=1S/C12H13F3O2/c1-9-4-2-3-5-10(9)11(16)8-17-7-6-12(13,14)15/h2-5H,6-8H2,1H3. The second-order valence-corrected chi connectivity index (χ2v) is 3.66. The number of rotatable bonds is 5. The maximum atomic E-state index is 11.8. The molecule has 0 radical (unpaired) electrons. The molecule has 0 aromatic heterocycles. The van der Waals surface area contributed by atoms with Crippen molar-refractivity contribution in [3.05, 3.63) is 35.4 Å². The van der Waals surface area contributed by atoms with Gasteiger partial charge in [0.2, 0.25) is 0 Å². The van der Waals surface area contributed by atoms with E-state index < -0.39 is 19.2 Å². The van der Waals surface area contributed by atoms with Gasteiger partial charge in [0.25, 0.3) is 0 Å². The Morgan fingerprint density at radius 1 is 1.29 bits per heavy atom. The normalized spacial score (nSPS) is 11.5. The molecule has 1 rings (SSSR count). The molecule has 0 spiro atoms. The fourth-order valence-electron chi connectivity index (χ4n) is 1.32. The van der Waals surface area contributed by atoms with Crippen molar-refractivity contribution in [2.45, 2.75) is 19.5 Å². The van der Waals surface area contributed by atoms with Gasteiger partial charge >= 0.3 is 6.18 Å². The van der Waals surface area contributed by atoms with Crippen LogP contribution in [0.1, 0.15) is 22.3 Å². The van der Waals surface area contributed by atoms with Gasteiger partial charge in [0.15, 0.2) is 5.78 Å². The van der Waals surface area contributed by atoms with E-state index in [4.69, 9.17) is 4.74 Å². The molecule has 0 aliphatic rings. The molecule has 0 atom stereocenters. The number of ketones is 1. The van der Waals surface area contributed by atoms with Crippen molar-refractivity contribution in [1.82, 2.24) is 0 Å². The van der Waals surface area contributed by atoms with Gasteiger partial charge in [-0.3, -0.25) is 4.79 Å². The summed E-state index contributed by atoms with van der Waals surface area (Å²) in [5.41, 5.74) is 1.27. The molecule has 0 heterocycles. The molecule has 0 saturated carbocycles. The second kappa shape index (κ2) is 5.82. The van der Waals surface area contributed by atoms with Gasteiger partial charge in [-0.05, 0) is 12.5 Å². The molecule has 0 amide bonds. The van der Waals surface area contributed by atoms with Gasteiger partial charge in [-0.2, -0.15) is 13.2 Å². The number of carbonyl (C=O) groups excluding carboxylic acids is 1. The van der Waals surface area contributed by atoms with Gasteiger partial charge in [-0.25, -0.2) is 0 Å². The lowest BCUT2D eigenvalue weighted by Gasteiger charge is -2.07. The quantitative estimate of drug-likeness (QED) is 0.589. The van der Waals surface area contributed by atoms with E-state index in [1.807, 2.05) is 0 Å². The molecule has 0 fully saturated rings. The number of carbonyl (C=O) groups is 1. The van der Waals surface area contributed by atoms with Crippen molar-refractivity contribution in [3.63, 3.8) is 0 Å². The van der Waals surface area contributed by atoms with E-state index in [1.165, 1.54) is 0 Å². The minimum atomic E-state index is -4.24. The number of benzene rings is 1. The smallest absolute Gasteiger partial charge is 0.373 e. The highest BCUT2D eigenvalue weighted by molar-refractivity contribution is 5.98. The summed E-state index contributed by atoms with van der Waals surface area (Å²) in [6, 6.07) is 6.89. The van der Waals surface area contributed by atoms with Crippen LogP contribution >= 0.6 is 0 Å². The summed E-state index contributed by atoms with van der Waals surface area (Å²) in [6.07, 6.45) is -5.28. The third kappa shape index (κ3) is 4.99. The summed E-state index contributed by atoms with van der Waals surface area (Å²) in [4.78, 5) is 11.6. The molecule has 0 N–H and O–H groups in total. The van der Waals surface area contributed by atoms with E-state index in [0.29, 0.717) is 5.56 Å². The number of hydrogen-bond acceptors (Lipinski definition) is 2. The van der Waals surface area contributed by atoms with Gasteiger partial charge in [-0.1, -0.05) is 24.3 Å². The van der Waals surface area contributed by atoms with E-state index in [-0.39, 0.29) is 12.4 Å². The van der Waals surface area contributed by atoms with Gasteiger partial charge < -0.3 is 4.74 Å². The van der Waals surface area contributed by atoms with E-state index in [2.05, 4.69) is 0 Å². The number of alkyl halides is 3. The summed E-state index contributed by atoms with van der Waals surface area (Å²) >= 11 is 0. The van der Waals surface area contributed by atoms with Gasteiger partial charge in [0.05, 0.1) is 13.0 Å². The van der Waals surface area contributed by atoms with E-state index >= 15 is 0 Å². The minimum absolute atomic E-state index is 0.301. The van der Waals surface area contributed by atoms with Crippen LogP contribution in [0.4, 0.5) is 13.2 Å². The number of ether oxygens (including phenoxy) is 1. The summed E-state index contributed by atoms with van der Waals surface area (Å²) in [5.74, 6) is -0.301. The van der Waals surface area contributed by atoms with E-state index in [1.54, 1.807) is 31.2 Å². The average molecular weight is 246 g/mol. The lowest BCUT2D eigenvalue weighted by atomic mass is 10.1. The molecule has 0 aliphatic carbocycles. The van der Waals surface area contributed by atoms with Crippen LogP contribution in [0.3, 0.4) is 0 Å². The number of halogens is 3. The Balaban J connectivity index is 2.39. The lowest BCUT2D eigenvalue weighted by molar-refractivity contribution is -0.144.